The first kappa shape index (κ1) is 21.6. The van der Waals surface area contributed by atoms with Gasteiger partial charge < -0.3 is 24.2 Å². The summed E-state index contributed by atoms with van der Waals surface area (Å²) in [7, 11) is 5.36. The van der Waals surface area contributed by atoms with E-state index in [1.807, 2.05) is 26.0 Å². The summed E-state index contributed by atoms with van der Waals surface area (Å²) in [4.78, 5) is 6.91. The number of benzene rings is 1. The van der Waals surface area contributed by atoms with Crippen LogP contribution in [0.4, 0.5) is 0 Å². The maximum Gasteiger partial charge on any atom is 0.193 e. The standard InChI is InChI=1S/C21H32N4O3/c1-7-22-21(23-12-10-18-15(2)24-28-16(18)3)25(4)13-11-17-8-9-19(26-5)20(14-17)27-6/h8-9,14H,7,10-13H2,1-6H3,(H,22,23). The number of methoxy groups -OCH3 is 2. The summed E-state index contributed by atoms with van der Waals surface area (Å²) in [5, 5.41) is 7.37. The molecular weight excluding hydrogens is 356 g/mol. The maximum absolute atomic E-state index is 5.39. The molecule has 28 heavy (non-hydrogen) atoms. The van der Waals surface area contributed by atoms with E-state index in [1.54, 1.807) is 14.2 Å². The van der Waals surface area contributed by atoms with Crippen LogP contribution in [0.3, 0.4) is 0 Å². The van der Waals surface area contributed by atoms with Gasteiger partial charge in [-0.05, 0) is 51.3 Å². The van der Waals surface area contributed by atoms with Gasteiger partial charge in [0.1, 0.15) is 5.76 Å². The smallest absolute Gasteiger partial charge is 0.193 e. The van der Waals surface area contributed by atoms with E-state index in [0.717, 1.165) is 60.4 Å². The van der Waals surface area contributed by atoms with Crippen molar-refractivity contribution in [3.63, 3.8) is 0 Å². The predicted octanol–water partition coefficient (Wildman–Crippen LogP) is 2.99. The molecule has 0 saturated heterocycles. The molecule has 1 N–H and O–H groups in total. The quantitative estimate of drug-likeness (QED) is 0.526. The van der Waals surface area contributed by atoms with Crippen LogP contribution >= 0.6 is 0 Å². The molecule has 0 aliphatic heterocycles. The zero-order valence-corrected chi connectivity index (χ0v) is 17.8. The predicted molar refractivity (Wildman–Crippen MR) is 112 cm³/mol. The normalized spacial score (nSPS) is 11.4. The van der Waals surface area contributed by atoms with Crippen LogP contribution in [0.2, 0.25) is 0 Å². The molecule has 1 aromatic heterocycles. The number of hydrogen-bond donors (Lipinski definition) is 1. The van der Waals surface area contributed by atoms with Gasteiger partial charge in [0.2, 0.25) is 0 Å². The van der Waals surface area contributed by atoms with Crippen LogP contribution in [0.5, 0.6) is 11.5 Å². The molecule has 0 saturated carbocycles. The molecule has 0 radical (unpaired) electrons. The Hall–Kier alpha value is -2.70. The fourth-order valence-corrected chi connectivity index (χ4v) is 3.04. The Bertz CT molecular complexity index is 766. The molecule has 1 heterocycles. The van der Waals surface area contributed by atoms with Gasteiger partial charge >= 0.3 is 0 Å². The summed E-state index contributed by atoms with van der Waals surface area (Å²) in [6.07, 6.45) is 1.70. The van der Waals surface area contributed by atoms with E-state index >= 15 is 0 Å². The third-order valence-corrected chi connectivity index (χ3v) is 4.68. The van der Waals surface area contributed by atoms with Gasteiger partial charge in [0.15, 0.2) is 17.5 Å². The number of nitrogens with zero attached hydrogens (tertiary/aromatic N) is 3. The lowest BCUT2D eigenvalue weighted by atomic mass is 10.1. The van der Waals surface area contributed by atoms with Crippen molar-refractivity contribution >= 4 is 5.96 Å². The van der Waals surface area contributed by atoms with Gasteiger partial charge in [-0.1, -0.05) is 11.2 Å². The van der Waals surface area contributed by atoms with E-state index in [2.05, 4.69) is 35.4 Å². The Balaban J connectivity index is 1.97. The third-order valence-electron chi connectivity index (χ3n) is 4.68. The highest BCUT2D eigenvalue weighted by Gasteiger charge is 2.10. The molecule has 154 valence electrons. The topological polar surface area (TPSA) is 72.1 Å². The lowest BCUT2D eigenvalue weighted by Gasteiger charge is -2.22. The van der Waals surface area contributed by atoms with Crippen molar-refractivity contribution in [2.75, 3.05) is 40.9 Å². The number of aromatic nitrogens is 1. The second-order valence-electron chi connectivity index (χ2n) is 6.65. The van der Waals surface area contributed by atoms with Crippen LogP contribution in [0.15, 0.2) is 27.7 Å². The second-order valence-corrected chi connectivity index (χ2v) is 6.65. The molecule has 0 aliphatic carbocycles. The van der Waals surface area contributed by atoms with Gasteiger partial charge in [-0.3, -0.25) is 4.99 Å². The van der Waals surface area contributed by atoms with Crippen LogP contribution < -0.4 is 14.8 Å². The lowest BCUT2D eigenvalue weighted by Crippen LogP contribution is -2.40. The lowest BCUT2D eigenvalue weighted by molar-refractivity contribution is 0.354. The number of aryl methyl sites for hydroxylation is 2. The van der Waals surface area contributed by atoms with Crippen LogP contribution in [-0.2, 0) is 12.8 Å². The summed E-state index contributed by atoms with van der Waals surface area (Å²) in [6.45, 7) is 8.34. The molecule has 2 rings (SSSR count). The summed E-state index contributed by atoms with van der Waals surface area (Å²) >= 11 is 0. The number of hydrogen-bond acceptors (Lipinski definition) is 5. The van der Waals surface area contributed by atoms with E-state index in [4.69, 9.17) is 19.0 Å². The van der Waals surface area contributed by atoms with Gasteiger partial charge in [0.25, 0.3) is 0 Å². The first-order chi connectivity index (χ1) is 13.5. The van der Waals surface area contributed by atoms with Crippen molar-refractivity contribution in [2.24, 2.45) is 4.99 Å². The van der Waals surface area contributed by atoms with Crippen molar-refractivity contribution in [1.29, 1.82) is 0 Å². The number of aliphatic imine (C=N–C) groups is 1. The van der Waals surface area contributed by atoms with Gasteiger partial charge in [-0.25, -0.2) is 0 Å². The van der Waals surface area contributed by atoms with Crippen molar-refractivity contribution in [1.82, 2.24) is 15.4 Å². The van der Waals surface area contributed by atoms with E-state index < -0.39 is 0 Å². The van der Waals surface area contributed by atoms with Crippen LogP contribution in [-0.4, -0.2) is 56.9 Å². The van der Waals surface area contributed by atoms with Gasteiger partial charge in [-0.15, -0.1) is 0 Å². The third kappa shape index (κ3) is 5.65. The summed E-state index contributed by atoms with van der Waals surface area (Å²) in [5.41, 5.74) is 3.28. The van der Waals surface area contributed by atoms with Crippen LogP contribution in [0.1, 0.15) is 29.5 Å². The summed E-state index contributed by atoms with van der Waals surface area (Å²) in [6, 6.07) is 6.03. The van der Waals surface area contributed by atoms with E-state index in [1.165, 1.54) is 5.56 Å². The van der Waals surface area contributed by atoms with Crippen molar-refractivity contribution in [3.05, 3.63) is 40.8 Å². The fourth-order valence-electron chi connectivity index (χ4n) is 3.04. The van der Waals surface area contributed by atoms with Crippen LogP contribution in [0, 0.1) is 13.8 Å². The number of nitrogens with one attached hydrogen (secondary N) is 1. The highest BCUT2D eigenvalue weighted by molar-refractivity contribution is 5.79. The molecule has 0 atom stereocenters. The number of rotatable bonds is 9. The summed E-state index contributed by atoms with van der Waals surface area (Å²) < 4.78 is 15.9. The van der Waals surface area contributed by atoms with Crippen molar-refractivity contribution < 1.29 is 14.0 Å². The van der Waals surface area contributed by atoms with E-state index in [-0.39, 0.29) is 0 Å². The number of ether oxygens (including phenoxy) is 2. The molecule has 1 aromatic carbocycles. The van der Waals surface area contributed by atoms with Crippen LogP contribution in [0.25, 0.3) is 0 Å². The number of guanidine groups is 1. The molecule has 0 fully saturated rings. The molecule has 2 aromatic rings. The largest absolute Gasteiger partial charge is 0.493 e. The first-order valence-corrected chi connectivity index (χ1v) is 9.62. The van der Waals surface area contributed by atoms with Gasteiger partial charge in [0, 0.05) is 32.2 Å². The Morgan fingerprint density at radius 3 is 2.54 bits per heavy atom. The maximum atomic E-state index is 5.39. The van der Waals surface area contributed by atoms with Gasteiger partial charge in [0.05, 0.1) is 19.9 Å². The monoisotopic (exact) mass is 388 g/mol. The number of likely N-dealkylation sites (N-methyl/N-ethyl adjacent to an activating group) is 1. The Morgan fingerprint density at radius 1 is 1.18 bits per heavy atom. The van der Waals surface area contributed by atoms with E-state index in [9.17, 15) is 0 Å². The molecule has 0 unspecified atom stereocenters. The molecule has 7 heteroatoms. The molecule has 0 aliphatic rings. The summed E-state index contributed by atoms with van der Waals surface area (Å²) in [5.74, 6) is 3.27. The highest BCUT2D eigenvalue weighted by atomic mass is 16.5. The first-order valence-electron chi connectivity index (χ1n) is 9.62. The molecule has 0 amide bonds. The SMILES string of the molecule is CCNC(=NCCc1c(C)noc1C)N(C)CCc1ccc(OC)c(OC)c1. The molecule has 0 bridgehead atoms. The minimum Gasteiger partial charge on any atom is -0.493 e. The highest BCUT2D eigenvalue weighted by Crippen LogP contribution is 2.27. The average Bonchev–Trinajstić information content (AvgIpc) is 3.03. The minimum atomic E-state index is 0.686. The zero-order valence-electron chi connectivity index (χ0n) is 17.8. The molecule has 7 nitrogen and oxygen atoms in total. The zero-order chi connectivity index (χ0) is 20.5. The Labute approximate surface area is 167 Å². The fraction of sp³-hybridized carbons (Fsp3) is 0.524. The van der Waals surface area contributed by atoms with E-state index in [0.29, 0.717) is 6.54 Å². The second kappa shape index (κ2) is 10.6. The minimum absolute atomic E-state index is 0.686. The average molecular weight is 389 g/mol. The molecular formula is C21H32N4O3. The Kier molecular flexibility index (Phi) is 8.17. The molecule has 0 spiro atoms. The Morgan fingerprint density at radius 2 is 1.93 bits per heavy atom. The van der Waals surface area contributed by atoms with Gasteiger partial charge in [-0.2, -0.15) is 0 Å². The van der Waals surface area contributed by atoms with Crippen molar-refractivity contribution in [2.45, 2.75) is 33.6 Å². The van der Waals surface area contributed by atoms with Crippen molar-refractivity contribution in [3.8, 4) is 11.5 Å².